The molecule has 2 heterocycles. The molecule has 0 radical (unpaired) electrons. The van der Waals surface area contributed by atoms with Crippen LogP contribution < -0.4 is 4.90 Å². The third kappa shape index (κ3) is 3.55. The van der Waals surface area contributed by atoms with Crippen LogP contribution in [0, 0.1) is 11.3 Å². The third-order valence-corrected chi connectivity index (χ3v) is 5.25. The maximum Gasteiger partial charge on any atom is 0.146 e. The van der Waals surface area contributed by atoms with Crippen molar-refractivity contribution in [1.29, 1.82) is 5.26 Å². The molecule has 3 rings (SSSR count). The Morgan fingerprint density at radius 3 is 2.96 bits per heavy atom. The van der Waals surface area contributed by atoms with Gasteiger partial charge >= 0.3 is 0 Å². The summed E-state index contributed by atoms with van der Waals surface area (Å²) in [6.07, 6.45) is 4.40. The van der Waals surface area contributed by atoms with E-state index in [4.69, 9.17) is 9.72 Å². The quantitative estimate of drug-likeness (QED) is 0.751. The molecule has 1 aromatic heterocycles. The van der Waals surface area contributed by atoms with Crippen molar-refractivity contribution in [2.75, 3.05) is 44.3 Å². The number of hydrogen-bond donors (Lipinski definition) is 0. The van der Waals surface area contributed by atoms with Gasteiger partial charge in [-0.25, -0.2) is 4.98 Å². The molecule has 130 valence electrons. The van der Waals surface area contributed by atoms with Crippen molar-refractivity contribution in [2.24, 2.45) is 0 Å². The SMILES string of the molecule is CCOCCN1CCN(c2nc3c(cc2C#N)CCC3)CC1CC. The van der Waals surface area contributed by atoms with Crippen molar-refractivity contribution in [1.82, 2.24) is 9.88 Å². The third-order valence-electron chi connectivity index (χ3n) is 5.25. The van der Waals surface area contributed by atoms with Gasteiger partial charge in [0.15, 0.2) is 0 Å². The molecule has 0 spiro atoms. The second kappa shape index (κ2) is 7.96. The van der Waals surface area contributed by atoms with Crippen LogP contribution in [-0.4, -0.2) is 55.3 Å². The van der Waals surface area contributed by atoms with E-state index in [9.17, 15) is 5.26 Å². The van der Waals surface area contributed by atoms with Gasteiger partial charge in [-0.05, 0) is 44.2 Å². The first-order valence-corrected chi connectivity index (χ1v) is 9.26. The summed E-state index contributed by atoms with van der Waals surface area (Å²) in [7, 11) is 0. The Balaban J connectivity index is 1.74. The highest BCUT2D eigenvalue weighted by Crippen LogP contribution is 2.28. The van der Waals surface area contributed by atoms with Crippen LogP contribution >= 0.6 is 0 Å². The average molecular weight is 328 g/mol. The van der Waals surface area contributed by atoms with Crippen molar-refractivity contribution in [3.63, 3.8) is 0 Å². The number of aryl methyl sites for hydroxylation is 2. The summed E-state index contributed by atoms with van der Waals surface area (Å²) >= 11 is 0. The number of hydrogen-bond acceptors (Lipinski definition) is 5. The van der Waals surface area contributed by atoms with Gasteiger partial charge in [0.25, 0.3) is 0 Å². The lowest BCUT2D eigenvalue weighted by Gasteiger charge is -2.42. The molecule has 5 heteroatoms. The number of nitrogens with zero attached hydrogens (tertiary/aromatic N) is 4. The van der Waals surface area contributed by atoms with E-state index in [1.54, 1.807) is 0 Å². The molecule has 0 amide bonds. The van der Waals surface area contributed by atoms with Gasteiger partial charge in [-0.1, -0.05) is 6.92 Å². The highest BCUT2D eigenvalue weighted by molar-refractivity contribution is 5.57. The molecule has 1 fully saturated rings. The molecule has 24 heavy (non-hydrogen) atoms. The van der Waals surface area contributed by atoms with Crippen molar-refractivity contribution in [2.45, 2.75) is 45.6 Å². The number of fused-ring (bicyclic) bond motifs is 1. The summed E-state index contributed by atoms with van der Waals surface area (Å²) < 4.78 is 5.52. The summed E-state index contributed by atoms with van der Waals surface area (Å²) in [5, 5.41) is 9.56. The number of nitriles is 1. The van der Waals surface area contributed by atoms with Gasteiger partial charge in [-0.15, -0.1) is 0 Å². The Labute approximate surface area is 145 Å². The van der Waals surface area contributed by atoms with Crippen molar-refractivity contribution in [3.05, 3.63) is 22.9 Å². The molecule has 0 aromatic carbocycles. The summed E-state index contributed by atoms with van der Waals surface area (Å²) in [5.41, 5.74) is 3.22. The van der Waals surface area contributed by atoms with E-state index in [1.807, 2.05) is 6.92 Å². The van der Waals surface area contributed by atoms with Gasteiger partial charge in [0.2, 0.25) is 0 Å². The van der Waals surface area contributed by atoms with Crippen molar-refractivity contribution in [3.8, 4) is 6.07 Å². The molecule has 2 aliphatic rings. The van der Waals surface area contributed by atoms with Crippen LogP contribution in [0.1, 0.15) is 43.5 Å². The molecule has 0 bridgehead atoms. The van der Waals surface area contributed by atoms with Crippen LogP contribution in [0.25, 0.3) is 0 Å². The topological polar surface area (TPSA) is 52.4 Å². The zero-order chi connectivity index (χ0) is 16.9. The minimum Gasteiger partial charge on any atom is -0.380 e. The van der Waals surface area contributed by atoms with Gasteiger partial charge in [-0.3, -0.25) is 4.90 Å². The predicted molar refractivity (Wildman–Crippen MR) is 95.3 cm³/mol. The molecular formula is C19H28N4O. The number of ether oxygens (including phenoxy) is 1. The lowest BCUT2D eigenvalue weighted by atomic mass is 10.1. The van der Waals surface area contributed by atoms with Crippen LogP contribution in [0.5, 0.6) is 0 Å². The molecule has 1 unspecified atom stereocenters. The first-order chi connectivity index (χ1) is 11.8. The molecule has 1 saturated heterocycles. The lowest BCUT2D eigenvalue weighted by Crippen LogP contribution is -2.54. The fourth-order valence-corrected chi connectivity index (χ4v) is 3.88. The van der Waals surface area contributed by atoms with E-state index in [0.29, 0.717) is 6.04 Å². The maximum absolute atomic E-state index is 9.56. The van der Waals surface area contributed by atoms with Crippen LogP contribution in [0.15, 0.2) is 6.07 Å². The van der Waals surface area contributed by atoms with Gasteiger partial charge in [0.1, 0.15) is 11.9 Å². The molecule has 0 N–H and O–H groups in total. The maximum atomic E-state index is 9.56. The van der Waals surface area contributed by atoms with Crippen LogP contribution in [0.2, 0.25) is 0 Å². The van der Waals surface area contributed by atoms with Gasteiger partial charge < -0.3 is 9.64 Å². The predicted octanol–water partition coefficient (Wildman–Crippen LogP) is 2.38. The minimum absolute atomic E-state index is 0.501. The van der Waals surface area contributed by atoms with E-state index in [-0.39, 0.29) is 0 Å². The molecule has 1 aliphatic carbocycles. The monoisotopic (exact) mass is 328 g/mol. The van der Waals surface area contributed by atoms with Crippen molar-refractivity contribution < 1.29 is 4.74 Å². The highest BCUT2D eigenvalue weighted by atomic mass is 16.5. The van der Waals surface area contributed by atoms with Crippen LogP contribution in [0.3, 0.4) is 0 Å². The smallest absolute Gasteiger partial charge is 0.146 e. The molecule has 5 nitrogen and oxygen atoms in total. The number of rotatable bonds is 6. The Kier molecular flexibility index (Phi) is 5.70. The zero-order valence-corrected chi connectivity index (χ0v) is 14.9. The Morgan fingerprint density at radius 1 is 1.33 bits per heavy atom. The number of piperazine rings is 1. The number of anilines is 1. The fourth-order valence-electron chi connectivity index (χ4n) is 3.88. The minimum atomic E-state index is 0.501. The fraction of sp³-hybridized carbons (Fsp3) is 0.684. The summed E-state index contributed by atoms with van der Waals surface area (Å²) in [5.74, 6) is 0.904. The Morgan fingerprint density at radius 2 is 2.21 bits per heavy atom. The molecule has 1 atom stereocenters. The largest absolute Gasteiger partial charge is 0.380 e. The van der Waals surface area contributed by atoms with Gasteiger partial charge in [-0.2, -0.15) is 5.26 Å². The van der Waals surface area contributed by atoms with E-state index in [2.05, 4.69) is 28.9 Å². The average Bonchev–Trinajstić information content (AvgIpc) is 3.08. The van der Waals surface area contributed by atoms with E-state index in [0.717, 1.165) is 70.0 Å². The van der Waals surface area contributed by atoms with Crippen LogP contribution in [0.4, 0.5) is 5.82 Å². The lowest BCUT2D eigenvalue weighted by molar-refractivity contribution is 0.0869. The first-order valence-electron chi connectivity index (χ1n) is 9.26. The molecular weight excluding hydrogens is 300 g/mol. The Bertz CT molecular complexity index is 610. The standard InChI is InChI=1S/C19H28N4O/c1-3-17-14-23(9-8-22(17)10-11-24-4-2)19-16(13-20)12-15-6-5-7-18(15)21-19/h12,17H,3-11,14H2,1-2H3. The molecule has 0 saturated carbocycles. The van der Waals surface area contributed by atoms with Gasteiger partial charge in [0, 0.05) is 44.5 Å². The summed E-state index contributed by atoms with van der Waals surface area (Å²) in [6, 6.07) is 4.95. The summed E-state index contributed by atoms with van der Waals surface area (Å²) in [4.78, 5) is 9.72. The van der Waals surface area contributed by atoms with E-state index < -0.39 is 0 Å². The second-order valence-corrected chi connectivity index (χ2v) is 6.67. The number of pyridine rings is 1. The van der Waals surface area contributed by atoms with Gasteiger partial charge in [0.05, 0.1) is 12.2 Å². The Hall–Kier alpha value is -1.64. The number of aromatic nitrogens is 1. The van der Waals surface area contributed by atoms with E-state index >= 15 is 0 Å². The first kappa shape index (κ1) is 17.2. The van der Waals surface area contributed by atoms with Crippen molar-refractivity contribution >= 4 is 5.82 Å². The van der Waals surface area contributed by atoms with Crippen LogP contribution in [-0.2, 0) is 17.6 Å². The summed E-state index contributed by atoms with van der Waals surface area (Å²) in [6.45, 7) is 9.74. The molecule has 1 aliphatic heterocycles. The highest BCUT2D eigenvalue weighted by Gasteiger charge is 2.28. The second-order valence-electron chi connectivity index (χ2n) is 6.67. The van der Waals surface area contributed by atoms with E-state index in [1.165, 1.54) is 17.7 Å². The normalized spacial score (nSPS) is 20.9. The zero-order valence-electron chi connectivity index (χ0n) is 14.9. The molecule has 1 aromatic rings.